The van der Waals surface area contributed by atoms with E-state index in [0.717, 1.165) is 5.56 Å². The van der Waals surface area contributed by atoms with Crippen molar-refractivity contribution >= 4 is 5.97 Å². The van der Waals surface area contributed by atoms with Gasteiger partial charge < -0.3 is 4.84 Å². The van der Waals surface area contributed by atoms with Gasteiger partial charge in [0.15, 0.2) is 0 Å². The molecule has 3 heteroatoms. The molecule has 1 fully saturated rings. The SMILES string of the molecule is O=C1C[C@@H](c2ccccc2)NO1. The lowest BCUT2D eigenvalue weighted by Gasteiger charge is -2.05. The van der Waals surface area contributed by atoms with E-state index in [-0.39, 0.29) is 12.0 Å². The zero-order valence-electron chi connectivity index (χ0n) is 6.49. The van der Waals surface area contributed by atoms with Crippen molar-refractivity contribution in [3.63, 3.8) is 0 Å². The van der Waals surface area contributed by atoms with E-state index < -0.39 is 0 Å². The average molecular weight is 163 g/mol. The molecule has 1 aromatic rings. The van der Waals surface area contributed by atoms with Crippen LogP contribution in [0.5, 0.6) is 0 Å². The normalized spacial score (nSPS) is 22.3. The minimum atomic E-state index is -0.191. The number of benzene rings is 1. The Labute approximate surface area is 70.3 Å². The number of nitrogens with one attached hydrogen (secondary N) is 1. The van der Waals surface area contributed by atoms with E-state index in [2.05, 4.69) is 10.3 Å². The van der Waals surface area contributed by atoms with Crippen LogP contribution in [-0.2, 0) is 9.63 Å². The number of carbonyl (C=O) groups is 1. The molecular weight excluding hydrogens is 154 g/mol. The van der Waals surface area contributed by atoms with Crippen molar-refractivity contribution in [3.8, 4) is 0 Å². The predicted molar refractivity (Wildman–Crippen MR) is 43.0 cm³/mol. The summed E-state index contributed by atoms with van der Waals surface area (Å²) in [6.07, 6.45) is 0.421. The Morgan fingerprint density at radius 2 is 2.08 bits per heavy atom. The molecule has 1 atom stereocenters. The van der Waals surface area contributed by atoms with Gasteiger partial charge >= 0.3 is 5.97 Å². The molecule has 0 aliphatic carbocycles. The first-order valence-corrected chi connectivity index (χ1v) is 3.86. The molecule has 1 aromatic carbocycles. The molecule has 12 heavy (non-hydrogen) atoms. The molecule has 0 saturated carbocycles. The maximum Gasteiger partial charge on any atom is 0.326 e. The number of hydrogen-bond acceptors (Lipinski definition) is 3. The lowest BCUT2D eigenvalue weighted by atomic mass is 10.1. The van der Waals surface area contributed by atoms with Gasteiger partial charge in [-0.2, -0.15) is 0 Å². The summed E-state index contributed by atoms with van der Waals surface area (Å²) in [6.45, 7) is 0. The number of hydrogen-bond donors (Lipinski definition) is 1. The van der Waals surface area contributed by atoms with Gasteiger partial charge in [-0.25, -0.2) is 0 Å². The molecule has 0 aromatic heterocycles. The molecule has 3 nitrogen and oxygen atoms in total. The summed E-state index contributed by atoms with van der Waals surface area (Å²) in [7, 11) is 0. The molecule has 1 aliphatic rings. The average Bonchev–Trinajstić information content (AvgIpc) is 2.54. The van der Waals surface area contributed by atoms with Crippen LogP contribution in [0.3, 0.4) is 0 Å². The highest BCUT2D eigenvalue weighted by molar-refractivity contribution is 5.71. The molecule has 0 unspecified atom stereocenters. The first-order valence-electron chi connectivity index (χ1n) is 3.86. The van der Waals surface area contributed by atoms with Crippen molar-refractivity contribution in [1.29, 1.82) is 0 Å². The van der Waals surface area contributed by atoms with E-state index in [1.165, 1.54) is 0 Å². The second-order valence-electron chi connectivity index (χ2n) is 2.76. The minimum absolute atomic E-state index is 0.0266. The van der Waals surface area contributed by atoms with E-state index >= 15 is 0 Å². The first kappa shape index (κ1) is 7.31. The van der Waals surface area contributed by atoms with Gasteiger partial charge in [0.05, 0.1) is 12.5 Å². The fourth-order valence-corrected chi connectivity index (χ4v) is 1.26. The van der Waals surface area contributed by atoms with Crippen LogP contribution < -0.4 is 5.48 Å². The molecule has 1 aliphatic heterocycles. The third-order valence-corrected chi connectivity index (χ3v) is 1.89. The summed E-state index contributed by atoms with van der Waals surface area (Å²) in [5.41, 5.74) is 3.76. The van der Waals surface area contributed by atoms with Crippen LogP contribution in [0.25, 0.3) is 0 Å². The Morgan fingerprint density at radius 1 is 1.33 bits per heavy atom. The Kier molecular flexibility index (Phi) is 1.80. The Hall–Kier alpha value is -1.35. The molecule has 1 heterocycles. The summed E-state index contributed by atoms with van der Waals surface area (Å²) >= 11 is 0. The lowest BCUT2D eigenvalue weighted by molar-refractivity contribution is -0.143. The molecule has 62 valence electrons. The summed E-state index contributed by atoms with van der Waals surface area (Å²) in [5, 5.41) is 0. The van der Waals surface area contributed by atoms with Crippen molar-refractivity contribution in [2.24, 2.45) is 0 Å². The fourth-order valence-electron chi connectivity index (χ4n) is 1.26. The largest absolute Gasteiger partial charge is 0.370 e. The second-order valence-corrected chi connectivity index (χ2v) is 2.76. The van der Waals surface area contributed by atoms with E-state index in [0.29, 0.717) is 6.42 Å². The standard InChI is InChI=1S/C9H9NO2/c11-9-6-8(10-12-9)7-4-2-1-3-5-7/h1-5,8,10H,6H2/t8-/m0/s1. The molecular formula is C9H9NO2. The smallest absolute Gasteiger partial charge is 0.326 e. The van der Waals surface area contributed by atoms with Crippen molar-refractivity contribution in [2.45, 2.75) is 12.5 Å². The van der Waals surface area contributed by atoms with E-state index in [4.69, 9.17) is 0 Å². The monoisotopic (exact) mass is 163 g/mol. The molecule has 0 amide bonds. The van der Waals surface area contributed by atoms with E-state index in [9.17, 15) is 4.79 Å². The van der Waals surface area contributed by atoms with Crippen LogP contribution >= 0.6 is 0 Å². The molecule has 0 radical (unpaired) electrons. The van der Waals surface area contributed by atoms with Gasteiger partial charge in [-0.3, -0.25) is 4.79 Å². The molecule has 0 spiro atoms. The van der Waals surface area contributed by atoms with E-state index in [1.807, 2.05) is 30.3 Å². The van der Waals surface area contributed by atoms with Crippen molar-refractivity contribution in [1.82, 2.24) is 5.48 Å². The zero-order valence-corrected chi connectivity index (χ0v) is 6.49. The number of hydroxylamine groups is 1. The van der Waals surface area contributed by atoms with Crippen LogP contribution in [0.15, 0.2) is 30.3 Å². The third kappa shape index (κ3) is 1.31. The predicted octanol–water partition coefficient (Wildman–Crippen LogP) is 1.18. The highest BCUT2D eigenvalue weighted by Crippen LogP contribution is 2.20. The Bertz CT molecular complexity index is 284. The summed E-state index contributed by atoms with van der Waals surface area (Å²) in [6, 6.07) is 9.80. The Morgan fingerprint density at radius 3 is 2.67 bits per heavy atom. The third-order valence-electron chi connectivity index (χ3n) is 1.89. The molecule has 1 N–H and O–H groups in total. The number of carbonyl (C=O) groups excluding carboxylic acids is 1. The Balaban J connectivity index is 2.16. The maximum absolute atomic E-state index is 10.7. The highest BCUT2D eigenvalue weighted by Gasteiger charge is 2.24. The van der Waals surface area contributed by atoms with Gasteiger partial charge in [-0.15, -0.1) is 5.48 Å². The van der Waals surface area contributed by atoms with Crippen molar-refractivity contribution in [3.05, 3.63) is 35.9 Å². The second kappa shape index (κ2) is 2.95. The van der Waals surface area contributed by atoms with Gasteiger partial charge in [0.2, 0.25) is 0 Å². The van der Waals surface area contributed by atoms with Gasteiger partial charge in [0, 0.05) is 0 Å². The van der Waals surface area contributed by atoms with Crippen LogP contribution in [0.4, 0.5) is 0 Å². The quantitative estimate of drug-likeness (QED) is 0.675. The highest BCUT2D eigenvalue weighted by atomic mass is 16.7. The summed E-state index contributed by atoms with van der Waals surface area (Å²) in [5.74, 6) is -0.191. The fraction of sp³-hybridized carbons (Fsp3) is 0.222. The first-order chi connectivity index (χ1) is 5.86. The molecule has 2 rings (SSSR count). The van der Waals surface area contributed by atoms with Gasteiger partial charge in [-0.1, -0.05) is 30.3 Å². The summed E-state index contributed by atoms with van der Waals surface area (Å²) < 4.78 is 0. The van der Waals surface area contributed by atoms with E-state index in [1.54, 1.807) is 0 Å². The van der Waals surface area contributed by atoms with Gasteiger partial charge in [0.25, 0.3) is 0 Å². The van der Waals surface area contributed by atoms with Crippen LogP contribution in [0.2, 0.25) is 0 Å². The van der Waals surface area contributed by atoms with Crippen molar-refractivity contribution < 1.29 is 9.63 Å². The minimum Gasteiger partial charge on any atom is -0.370 e. The zero-order chi connectivity index (χ0) is 8.39. The van der Waals surface area contributed by atoms with Crippen molar-refractivity contribution in [2.75, 3.05) is 0 Å². The lowest BCUT2D eigenvalue weighted by Crippen LogP contribution is -2.11. The van der Waals surface area contributed by atoms with Crippen LogP contribution in [0, 0.1) is 0 Å². The van der Waals surface area contributed by atoms with Gasteiger partial charge in [0.1, 0.15) is 0 Å². The number of rotatable bonds is 1. The maximum atomic E-state index is 10.7. The molecule has 0 bridgehead atoms. The topological polar surface area (TPSA) is 38.3 Å². The van der Waals surface area contributed by atoms with Crippen LogP contribution in [-0.4, -0.2) is 5.97 Å². The summed E-state index contributed by atoms with van der Waals surface area (Å²) in [4.78, 5) is 15.4. The van der Waals surface area contributed by atoms with Crippen LogP contribution in [0.1, 0.15) is 18.0 Å². The molecule has 1 saturated heterocycles. The van der Waals surface area contributed by atoms with Gasteiger partial charge in [-0.05, 0) is 5.56 Å².